The Bertz CT molecular complexity index is 1360. The summed E-state index contributed by atoms with van der Waals surface area (Å²) in [5.41, 5.74) is 0.584. The van der Waals surface area contributed by atoms with Crippen molar-refractivity contribution < 1.29 is 19.0 Å². The Balaban J connectivity index is 1.59. The Morgan fingerprint density at radius 1 is 1.39 bits per heavy atom. The monoisotopic (exact) mass is 441 g/mol. The maximum absolute atomic E-state index is 15.5. The second-order valence-corrected chi connectivity index (χ2v) is 9.26. The Morgan fingerprint density at radius 3 is 3.00 bits per heavy atom. The standard InChI is InChI=1S/C22H20FN3O4S/c1-24-15-4-2-3-10-6-25(7-13(10)15)18-14(23)5-12-17-20(18)30-8-11-9-31-21(26(11)17)16(19(12)27)22(28)29/h2,4-5,9-10,13,15,24H,3,6-8H2,1H3,(H,28,29). The molecule has 3 atom stereocenters. The second kappa shape index (κ2) is 6.54. The first-order chi connectivity index (χ1) is 15.0. The molecule has 3 aliphatic rings. The molecule has 2 aromatic heterocycles. The van der Waals surface area contributed by atoms with E-state index in [2.05, 4.69) is 17.5 Å². The maximum atomic E-state index is 15.5. The van der Waals surface area contributed by atoms with Crippen molar-refractivity contribution in [2.45, 2.75) is 19.1 Å². The number of carboxylic acid groups (broad SMARTS) is 1. The lowest BCUT2D eigenvalue weighted by molar-refractivity contribution is 0.0697. The number of aromatic nitrogens is 1. The summed E-state index contributed by atoms with van der Waals surface area (Å²) >= 11 is 1.20. The van der Waals surface area contributed by atoms with Gasteiger partial charge in [-0.3, -0.25) is 9.20 Å². The lowest BCUT2D eigenvalue weighted by Crippen LogP contribution is -2.38. The quantitative estimate of drug-likeness (QED) is 0.609. The van der Waals surface area contributed by atoms with Crippen molar-refractivity contribution in [3.05, 3.63) is 50.9 Å². The van der Waals surface area contributed by atoms with Crippen molar-refractivity contribution in [1.82, 2.24) is 9.72 Å². The number of aromatic carboxylic acids is 1. The summed E-state index contributed by atoms with van der Waals surface area (Å²) in [6.45, 7) is 1.58. The van der Waals surface area contributed by atoms with Gasteiger partial charge in [0.05, 0.1) is 11.1 Å². The van der Waals surface area contributed by atoms with Crippen LogP contribution >= 0.6 is 11.3 Å². The molecule has 0 bridgehead atoms. The van der Waals surface area contributed by atoms with Crippen molar-refractivity contribution >= 4 is 38.7 Å². The van der Waals surface area contributed by atoms with Gasteiger partial charge >= 0.3 is 5.97 Å². The van der Waals surface area contributed by atoms with Gasteiger partial charge in [-0.25, -0.2) is 9.18 Å². The highest BCUT2D eigenvalue weighted by atomic mass is 32.1. The first-order valence-corrected chi connectivity index (χ1v) is 11.1. The molecule has 2 N–H and O–H groups in total. The minimum Gasteiger partial charge on any atom is -0.483 e. The SMILES string of the molecule is CNC1C=CCC2CN(c3c(F)cc4c(=O)c(C(=O)O)c5scc6n5c4c3OC6)CC21. The topological polar surface area (TPSA) is 83.3 Å². The van der Waals surface area contributed by atoms with Gasteiger partial charge in [-0.2, -0.15) is 0 Å². The molecule has 7 nitrogen and oxygen atoms in total. The number of allylic oxidation sites excluding steroid dienone is 1. The molecule has 4 heterocycles. The first kappa shape index (κ1) is 18.8. The lowest BCUT2D eigenvalue weighted by Gasteiger charge is -2.28. The van der Waals surface area contributed by atoms with E-state index in [9.17, 15) is 14.7 Å². The van der Waals surface area contributed by atoms with Crippen LogP contribution in [-0.4, -0.2) is 41.7 Å². The third kappa shape index (κ3) is 2.47. The number of anilines is 1. The fourth-order valence-electron chi connectivity index (χ4n) is 5.46. The van der Waals surface area contributed by atoms with Gasteiger partial charge in [-0.1, -0.05) is 12.2 Å². The molecule has 2 aliphatic heterocycles. The number of carboxylic acids is 1. The predicted octanol–water partition coefficient (Wildman–Crippen LogP) is 2.84. The summed E-state index contributed by atoms with van der Waals surface area (Å²) in [7, 11) is 1.94. The van der Waals surface area contributed by atoms with Crippen LogP contribution in [0.3, 0.4) is 0 Å². The minimum absolute atomic E-state index is 0.0388. The Morgan fingerprint density at radius 2 is 2.23 bits per heavy atom. The largest absolute Gasteiger partial charge is 0.483 e. The molecule has 1 aromatic carbocycles. The van der Waals surface area contributed by atoms with Gasteiger partial charge in [0.2, 0.25) is 5.43 Å². The molecule has 1 saturated heterocycles. The Labute approximate surface area is 180 Å². The van der Waals surface area contributed by atoms with Crippen LogP contribution in [0, 0.1) is 17.7 Å². The zero-order chi connectivity index (χ0) is 21.4. The summed E-state index contributed by atoms with van der Waals surface area (Å²) in [4.78, 5) is 27.2. The highest BCUT2D eigenvalue weighted by Crippen LogP contribution is 2.46. The molecule has 1 aliphatic carbocycles. The fraction of sp³-hybridized carbons (Fsp3) is 0.364. The zero-order valence-corrected chi connectivity index (χ0v) is 17.5. The summed E-state index contributed by atoms with van der Waals surface area (Å²) in [6, 6.07) is 1.42. The van der Waals surface area contributed by atoms with E-state index in [1.807, 2.05) is 11.9 Å². The normalized spacial score (nSPS) is 24.2. The van der Waals surface area contributed by atoms with Gasteiger partial charge in [0, 0.05) is 30.4 Å². The van der Waals surface area contributed by atoms with Crippen LogP contribution in [0.2, 0.25) is 0 Å². The molecular formula is C22H20FN3O4S. The van der Waals surface area contributed by atoms with Crippen molar-refractivity contribution in [1.29, 1.82) is 0 Å². The number of hydrogen-bond acceptors (Lipinski definition) is 6. The molecule has 0 spiro atoms. The molecular weight excluding hydrogens is 421 g/mol. The van der Waals surface area contributed by atoms with Crippen LogP contribution in [0.1, 0.15) is 22.5 Å². The average molecular weight is 441 g/mol. The van der Waals surface area contributed by atoms with Gasteiger partial charge in [0.1, 0.15) is 28.2 Å². The van der Waals surface area contributed by atoms with Crippen LogP contribution < -0.4 is 20.4 Å². The highest BCUT2D eigenvalue weighted by molar-refractivity contribution is 7.16. The van der Waals surface area contributed by atoms with Crippen molar-refractivity contribution in [3.8, 4) is 5.75 Å². The van der Waals surface area contributed by atoms with Gasteiger partial charge < -0.3 is 20.1 Å². The smallest absolute Gasteiger partial charge is 0.342 e. The van der Waals surface area contributed by atoms with E-state index in [0.29, 0.717) is 46.7 Å². The molecule has 3 unspecified atom stereocenters. The van der Waals surface area contributed by atoms with Crippen LogP contribution in [0.25, 0.3) is 15.7 Å². The van der Waals surface area contributed by atoms with Crippen molar-refractivity contribution in [2.75, 3.05) is 25.0 Å². The van der Waals surface area contributed by atoms with Gasteiger partial charge in [0.25, 0.3) is 0 Å². The Hall–Kier alpha value is -2.91. The van der Waals surface area contributed by atoms with Crippen molar-refractivity contribution in [3.63, 3.8) is 0 Å². The number of nitrogens with one attached hydrogen (secondary N) is 1. The van der Waals surface area contributed by atoms with Gasteiger partial charge in [-0.15, -0.1) is 11.3 Å². The summed E-state index contributed by atoms with van der Waals surface area (Å²) in [5.74, 6) is -0.767. The minimum atomic E-state index is -1.31. The molecule has 31 heavy (non-hydrogen) atoms. The molecule has 160 valence electrons. The van der Waals surface area contributed by atoms with Crippen LogP contribution in [0.5, 0.6) is 5.75 Å². The number of ether oxygens (including phenoxy) is 1. The number of benzene rings is 1. The summed E-state index contributed by atoms with van der Waals surface area (Å²) in [5, 5.41) is 14.8. The average Bonchev–Trinajstić information content (AvgIpc) is 3.36. The van der Waals surface area contributed by atoms with Crippen LogP contribution in [-0.2, 0) is 6.61 Å². The number of fused-ring (bicyclic) bond motifs is 1. The van der Waals surface area contributed by atoms with Crippen molar-refractivity contribution in [2.24, 2.45) is 11.8 Å². The number of pyridine rings is 1. The third-order valence-electron chi connectivity index (χ3n) is 6.85. The maximum Gasteiger partial charge on any atom is 0.342 e. The molecule has 6 rings (SSSR count). The van der Waals surface area contributed by atoms with Gasteiger partial charge in [0.15, 0.2) is 11.6 Å². The third-order valence-corrected chi connectivity index (χ3v) is 7.85. The van der Waals surface area contributed by atoms with E-state index >= 15 is 4.39 Å². The lowest BCUT2D eigenvalue weighted by atomic mass is 9.82. The number of hydrogen-bond donors (Lipinski definition) is 2. The zero-order valence-electron chi connectivity index (χ0n) is 16.7. The summed E-state index contributed by atoms with van der Waals surface area (Å²) < 4.78 is 23.3. The number of nitrogens with zero attached hydrogens (tertiary/aromatic N) is 2. The van der Waals surface area contributed by atoms with Crippen LogP contribution in [0.15, 0.2) is 28.4 Å². The predicted molar refractivity (Wildman–Crippen MR) is 116 cm³/mol. The number of halogens is 1. The summed E-state index contributed by atoms with van der Waals surface area (Å²) in [6.07, 6.45) is 5.30. The highest BCUT2D eigenvalue weighted by Gasteiger charge is 2.40. The van der Waals surface area contributed by atoms with E-state index in [1.165, 1.54) is 17.4 Å². The number of thiazole rings is 1. The van der Waals surface area contributed by atoms with E-state index in [1.54, 1.807) is 9.78 Å². The molecule has 0 radical (unpaired) electrons. The van der Waals surface area contributed by atoms with Gasteiger partial charge in [-0.05, 0) is 25.5 Å². The molecule has 0 saturated carbocycles. The van der Waals surface area contributed by atoms with E-state index < -0.39 is 17.2 Å². The number of carbonyl (C=O) groups is 1. The molecule has 9 heteroatoms. The first-order valence-electron chi connectivity index (χ1n) is 10.3. The Kier molecular flexibility index (Phi) is 3.97. The number of likely N-dealkylation sites (N-methyl/N-ethyl adjacent to an activating group) is 1. The molecule has 0 amide bonds. The number of rotatable bonds is 3. The molecule has 3 aromatic rings. The van der Waals surface area contributed by atoms with Crippen LogP contribution in [0.4, 0.5) is 10.1 Å². The van der Waals surface area contributed by atoms with E-state index in [4.69, 9.17) is 4.74 Å². The second-order valence-electron chi connectivity index (χ2n) is 8.41. The van der Waals surface area contributed by atoms with E-state index in [0.717, 1.165) is 12.1 Å². The molecule has 1 fully saturated rings. The van der Waals surface area contributed by atoms with E-state index in [-0.39, 0.29) is 23.6 Å². The fourth-order valence-corrected chi connectivity index (χ4v) is 6.49.